The van der Waals surface area contributed by atoms with Gasteiger partial charge < -0.3 is 0 Å². The van der Waals surface area contributed by atoms with E-state index in [1.54, 1.807) is 0 Å². The first kappa shape index (κ1) is 5.36. The van der Waals surface area contributed by atoms with Gasteiger partial charge in [-0.1, -0.05) is 0 Å². The zero-order valence-corrected chi connectivity index (χ0v) is 4.59. The van der Waals surface area contributed by atoms with Crippen molar-refractivity contribution in [3.8, 4) is 0 Å². The van der Waals surface area contributed by atoms with Gasteiger partial charge in [0.05, 0.1) is 0 Å². The van der Waals surface area contributed by atoms with Crippen LogP contribution in [-0.2, 0) is 0 Å². The van der Waals surface area contributed by atoms with E-state index in [4.69, 9.17) is 0 Å². The second-order valence-corrected chi connectivity index (χ2v) is 1.22. The predicted molar refractivity (Wildman–Crippen MR) is 31.8 cm³/mol. The monoisotopic (exact) mass is 86.0 g/mol. The first-order valence-corrected chi connectivity index (χ1v) is 2.45. The van der Waals surface area contributed by atoms with Gasteiger partial charge >= 0.3 is 35.1 Å². The van der Waals surface area contributed by atoms with E-state index < -0.39 is 0 Å². The summed E-state index contributed by atoms with van der Waals surface area (Å²) in [5.41, 5.74) is 0. The average molecular weight is 85.9 g/mol. The van der Waals surface area contributed by atoms with Crippen molar-refractivity contribution in [2.75, 3.05) is 0 Å². The van der Waals surface area contributed by atoms with E-state index in [2.05, 4.69) is 22.0 Å². The summed E-state index contributed by atoms with van der Waals surface area (Å²) in [7, 11) is 2.52. The Hall–Kier alpha value is 0.365. The third kappa shape index (κ3) is 4.36. The Bertz CT molecular complexity index is 33.9. The van der Waals surface area contributed by atoms with Crippen LogP contribution in [0.1, 0.15) is 13.3 Å². The molecule has 0 aliphatic heterocycles. The summed E-state index contributed by atoms with van der Waals surface area (Å²) in [5.74, 6) is 2.09. The van der Waals surface area contributed by atoms with Gasteiger partial charge in [-0.15, -0.1) is 0 Å². The molecule has 0 aliphatic carbocycles. The standard InChI is InChI=1S/C3H8BP/c1-2-3-4-5/h3H,2,5H2,1H3. The van der Waals surface area contributed by atoms with Crippen LogP contribution in [0.4, 0.5) is 0 Å². The molecule has 5 heavy (non-hydrogen) atoms. The van der Waals surface area contributed by atoms with Gasteiger partial charge in [-0.05, 0) is 0 Å². The van der Waals surface area contributed by atoms with Gasteiger partial charge in [-0.3, -0.25) is 0 Å². The first-order valence-electron chi connectivity index (χ1n) is 1.78. The number of hydrogen-bond acceptors (Lipinski definition) is 0. The minimum atomic E-state index is 1.14. The molecule has 1 unspecified atom stereocenters. The van der Waals surface area contributed by atoms with Crippen LogP contribution in [0.5, 0.6) is 0 Å². The van der Waals surface area contributed by atoms with Gasteiger partial charge in [0.15, 0.2) is 0 Å². The molecular weight excluding hydrogens is 77.8 g/mol. The van der Waals surface area contributed by atoms with Crippen LogP contribution in [0.15, 0.2) is 0 Å². The van der Waals surface area contributed by atoms with Crippen molar-refractivity contribution >= 4 is 21.7 Å². The number of rotatable bonds is 1. The van der Waals surface area contributed by atoms with E-state index in [9.17, 15) is 0 Å². The maximum atomic E-state index is 2.52. The van der Waals surface area contributed by atoms with E-state index in [0.29, 0.717) is 0 Å². The topological polar surface area (TPSA) is 0 Å². The predicted octanol–water partition coefficient (Wildman–Crippen LogP) is 0.693. The fraction of sp³-hybridized carbons (Fsp3) is 0.667. The van der Waals surface area contributed by atoms with Crippen LogP contribution in [0.2, 0.25) is 0 Å². The van der Waals surface area contributed by atoms with Crippen LogP contribution in [0.3, 0.4) is 0 Å². The van der Waals surface area contributed by atoms with Crippen molar-refractivity contribution in [1.82, 2.24) is 0 Å². The Labute approximate surface area is 36.0 Å². The SMILES string of the molecule is CCC=BP. The molecule has 1 atom stereocenters. The Balaban J connectivity index is 2.62. The van der Waals surface area contributed by atoms with Crippen LogP contribution in [0.25, 0.3) is 0 Å². The van der Waals surface area contributed by atoms with Crippen LogP contribution < -0.4 is 0 Å². The fourth-order valence-corrected chi connectivity index (χ4v) is 0.408. The molecule has 2 heteroatoms. The van der Waals surface area contributed by atoms with Gasteiger partial charge in [0, 0.05) is 0 Å². The molecule has 28 valence electrons. The molecule has 0 N–H and O–H groups in total. The molecule has 0 bridgehead atoms. The molecule has 0 aromatic rings. The molecule has 0 rings (SSSR count). The molecule has 0 nitrogen and oxygen atoms in total. The van der Waals surface area contributed by atoms with Gasteiger partial charge in [0.2, 0.25) is 0 Å². The summed E-state index contributed by atoms with van der Waals surface area (Å²) >= 11 is 0. The van der Waals surface area contributed by atoms with Gasteiger partial charge in [0.25, 0.3) is 0 Å². The molecule has 0 saturated heterocycles. The Morgan fingerprint density at radius 3 is 2.60 bits per heavy atom. The normalized spacial score (nSPS) is 8.40. The van der Waals surface area contributed by atoms with Gasteiger partial charge in [0.1, 0.15) is 0 Å². The van der Waals surface area contributed by atoms with Crippen molar-refractivity contribution in [3.63, 3.8) is 0 Å². The molecule has 0 fully saturated rings. The van der Waals surface area contributed by atoms with Crippen LogP contribution >= 0.6 is 9.12 Å². The average Bonchev–Trinajstić information content (AvgIpc) is 1.41. The first-order chi connectivity index (χ1) is 2.41. The summed E-state index contributed by atoms with van der Waals surface area (Å²) in [5, 5.41) is 0. The van der Waals surface area contributed by atoms with Crippen LogP contribution in [-0.4, -0.2) is 12.6 Å². The van der Waals surface area contributed by atoms with Crippen molar-refractivity contribution in [1.29, 1.82) is 0 Å². The second-order valence-electron chi connectivity index (χ2n) is 0.836. The van der Waals surface area contributed by atoms with Gasteiger partial charge in [-0.25, -0.2) is 0 Å². The van der Waals surface area contributed by atoms with Crippen molar-refractivity contribution < 1.29 is 0 Å². The Morgan fingerprint density at radius 2 is 2.60 bits per heavy atom. The quantitative estimate of drug-likeness (QED) is 0.325. The maximum absolute atomic E-state index is 2.52. The molecule has 0 radical (unpaired) electrons. The summed E-state index contributed by atoms with van der Waals surface area (Å²) in [6.45, 7) is 4.08. The minimum absolute atomic E-state index is 1.14. The summed E-state index contributed by atoms with van der Waals surface area (Å²) < 4.78 is 0. The molecule has 0 aromatic heterocycles. The molecule has 0 amide bonds. The molecule has 0 heterocycles. The van der Waals surface area contributed by atoms with Crippen molar-refractivity contribution in [3.05, 3.63) is 0 Å². The number of hydrogen-bond donors (Lipinski definition) is 0. The zero-order valence-electron chi connectivity index (χ0n) is 3.44. The molecule has 0 saturated carbocycles. The zero-order chi connectivity index (χ0) is 4.12. The summed E-state index contributed by atoms with van der Waals surface area (Å²) in [6, 6.07) is 0. The summed E-state index contributed by atoms with van der Waals surface area (Å²) in [4.78, 5) is 0. The fourth-order valence-electron chi connectivity index (χ4n) is 0.136. The second kappa shape index (κ2) is 4.36. The van der Waals surface area contributed by atoms with E-state index in [0.717, 1.165) is 6.42 Å². The third-order valence-electron chi connectivity index (χ3n) is 0.372. The third-order valence-corrected chi connectivity index (χ3v) is 0.644. The van der Waals surface area contributed by atoms with E-state index >= 15 is 0 Å². The molecule has 0 aromatic carbocycles. The van der Waals surface area contributed by atoms with Gasteiger partial charge in [-0.2, -0.15) is 0 Å². The molecular formula is C3H8BP. The Kier molecular flexibility index (Phi) is 4.68. The Morgan fingerprint density at radius 1 is 2.00 bits per heavy atom. The van der Waals surface area contributed by atoms with E-state index in [1.807, 2.05) is 6.64 Å². The van der Waals surface area contributed by atoms with E-state index in [-0.39, 0.29) is 0 Å². The summed E-state index contributed by atoms with van der Waals surface area (Å²) in [6.07, 6.45) is 1.14. The van der Waals surface area contributed by atoms with E-state index in [1.165, 1.54) is 0 Å². The molecule has 0 aliphatic rings. The molecule has 0 spiro atoms. The van der Waals surface area contributed by atoms with Crippen LogP contribution in [0, 0.1) is 0 Å². The van der Waals surface area contributed by atoms with Crippen molar-refractivity contribution in [2.45, 2.75) is 13.3 Å². The van der Waals surface area contributed by atoms with Crippen molar-refractivity contribution in [2.24, 2.45) is 0 Å².